The molecule has 3 atom stereocenters. The fourth-order valence-corrected chi connectivity index (χ4v) is 5.51. The van der Waals surface area contributed by atoms with E-state index in [0.29, 0.717) is 12.0 Å². The van der Waals surface area contributed by atoms with E-state index in [1.165, 1.54) is 0 Å². The lowest BCUT2D eigenvalue weighted by Gasteiger charge is -2.55. The van der Waals surface area contributed by atoms with Crippen LogP contribution in [0.15, 0.2) is 22.8 Å². The number of aliphatic hydroxyl groups excluding tert-OH is 1. The second-order valence-electron chi connectivity index (χ2n) is 8.80. The molecule has 1 saturated carbocycles. The zero-order chi connectivity index (χ0) is 17.2. The molecular formula is C20H28O3. The first-order valence-corrected chi connectivity index (χ1v) is 8.79. The van der Waals surface area contributed by atoms with Crippen molar-refractivity contribution < 1.29 is 14.7 Å². The van der Waals surface area contributed by atoms with Crippen LogP contribution in [0.4, 0.5) is 0 Å². The SMILES string of the molecule is CC(C)C1=CC2=C(C(O)C1=O)[C@@]1(C)CCCC(C)(C)[C@@H]1C(=O)C2. The Hall–Kier alpha value is -1.22. The van der Waals surface area contributed by atoms with Crippen LogP contribution in [0.1, 0.15) is 60.3 Å². The van der Waals surface area contributed by atoms with E-state index in [2.05, 4.69) is 20.8 Å². The van der Waals surface area contributed by atoms with Crippen molar-refractivity contribution in [1.82, 2.24) is 0 Å². The number of carbonyl (C=O) groups excluding carboxylic acids is 2. The molecule has 126 valence electrons. The molecule has 3 aliphatic carbocycles. The molecule has 0 aromatic rings. The van der Waals surface area contributed by atoms with Crippen LogP contribution in [0.5, 0.6) is 0 Å². The lowest BCUT2D eigenvalue weighted by molar-refractivity contribution is -0.137. The van der Waals surface area contributed by atoms with Gasteiger partial charge >= 0.3 is 0 Å². The molecule has 3 aliphatic rings. The number of fused-ring (bicyclic) bond motifs is 2. The molecule has 0 radical (unpaired) electrons. The molecule has 1 N–H and O–H groups in total. The van der Waals surface area contributed by atoms with Gasteiger partial charge in [0.1, 0.15) is 11.9 Å². The summed E-state index contributed by atoms with van der Waals surface area (Å²) in [7, 11) is 0. The predicted octanol–water partition coefficient (Wildman–Crippen LogP) is 3.61. The van der Waals surface area contributed by atoms with Gasteiger partial charge in [-0.1, -0.05) is 47.1 Å². The van der Waals surface area contributed by atoms with Crippen LogP contribution in [0.25, 0.3) is 0 Å². The minimum Gasteiger partial charge on any atom is -0.380 e. The molecule has 1 unspecified atom stereocenters. The van der Waals surface area contributed by atoms with Gasteiger partial charge < -0.3 is 5.11 Å². The van der Waals surface area contributed by atoms with Crippen LogP contribution >= 0.6 is 0 Å². The van der Waals surface area contributed by atoms with Gasteiger partial charge in [-0.15, -0.1) is 0 Å². The highest BCUT2D eigenvalue weighted by molar-refractivity contribution is 6.04. The number of allylic oxidation sites excluding steroid dienone is 2. The molecule has 3 rings (SSSR count). The minimum absolute atomic E-state index is 0.0645. The van der Waals surface area contributed by atoms with Crippen molar-refractivity contribution in [2.24, 2.45) is 22.7 Å². The topological polar surface area (TPSA) is 54.4 Å². The second kappa shape index (κ2) is 5.14. The molecule has 3 heteroatoms. The van der Waals surface area contributed by atoms with Gasteiger partial charge in [0.15, 0.2) is 5.78 Å². The van der Waals surface area contributed by atoms with Gasteiger partial charge in [0, 0.05) is 23.3 Å². The highest BCUT2D eigenvalue weighted by atomic mass is 16.3. The summed E-state index contributed by atoms with van der Waals surface area (Å²) in [6.07, 6.45) is 4.13. The normalized spacial score (nSPS) is 36.7. The van der Waals surface area contributed by atoms with E-state index < -0.39 is 6.10 Å². The standard InChI is InChI=1S/C20H28O3/c1-11(2)13-9-12-10-14(21)18-19(3,4)7-6-8-20(18,5)15(12)17(23)16(13)22/h9,11,17-18,23H,6-8,10H2,1-5H3/t17?,18-,20+/m0/s1. The van der Waals surface area contributed by atoms with E-state index in [1.807, 2.05) is 19.9 Å². The maximum atomic E-state index is 12.9. The molecule has 3 nitrogen and oxygen atoms in total. The van der Waals surface area contributed by atoms with E-state index in [1.54, 1.807) is 0 Å². The summed E-state index contributed by atoms with van der Waals surface area (Å²) in [5.74, 6) is 0.0712. The largest absolute Gasteiger partial charge is 0.380 e. The molecule has 0 amide bonds. The average Bonchev–Trinajstić information content (AvgIpc) is 2.40. The van der Waals surface area contributed by atoms with Crippen LogP contribution < -0.4 is 0 Å². The van der Waals surface area contributed by atoms with Crippen LogP contribution in [-0.4, -0.2) is 22.8 Å². The van der Waals surface area contributed by atoms with Crippen LogP contribution in [0, 0.1) is 22.7 Å². The fourth-order valence-electron chi connectivity index (χ4n) is 5.51. The summed E-state index contributed by atoms with van der Waals surface area (Å²) in [4.78, 5) is 25.6. The van der Waals surface area contributed by atoms with Gasteiger partial charge in [0.2, 0.25) is 0 Å². The Bertz CT molecular complexity index is 635. The quantitative estimate of drug-likeness (QED) is 0.804. The lowest BCUT2D eigenvalue weighted by Crippen LogP contribution is -2.53. The first kappa shape index (κ1) is 16.6. The Morgan fingerprint density at radius 2 is 1.83 bits per heavy atom. The van der Waals surface area contributed by atoms with Gasteiger partial charge in [-0.2, -0.15) is 0 Å². The van der Waals surface area contributed by atoms with Crippen LogP contribution in [-0.2, 0) is 9.59 Å². The van der Waals surface area contributed by atoms with E-state index >= 15 is 0 Å². The lowest BCUT2D eigenvalue weighted by atomic mass is 9.48. The molecule has 0 aromatic carbocycles. The Morgan fingerprint density at radius 3 is 2.43 bits per heavy atom. The van der Waals surface area contributed by atoms with Crippen molar-refractivity contribution in [3.05, 3.63) is 22.8 Å². The molecule has 0 heterocycles. The van der Waals surface area contributed by atoms with Gasteiger partial charge in [0.25, 0.3) is 0 Å². The number of rotatable bonds is 1. The predicted molar refractivity (Wildman–Crippen MR) is 89.8 cm³/mol. The van der Waals surface area contributed by atoms with E-state index in [-0.39, 0.29) is 34.2 Å². The summed E-state index contributed by atoms with van der Waals surface area (Å²) in [5, 5.41) is 10.8. The van der Waals surface area contributed by atoms with Crippen molar-refractivity contribution in [1.29, 1.82) is 0 Å². The van der Waals surface area contributed by atoms with Crippen molar-refractivity contribution in [2.75, 3.05) is 0 Å². The molecule has 1 fully saturated rings. The molecule has 23 heavy (non-hydrogen) atoms. The average molecular weight is 316 g/mol. The smallest absolute Gasteiger partial charge is 0.191 e. The monoisotopic (exact) mass is 316 g/mol. The summed E-state index contributed by atoms with van der Waals surface area (Å²) in [5.41, 5.74) is 1.93. The van der Waals surface area contributed by atoms with Crippen molar-refractivity contribution in [3.8, 4) is 0 Å². The molecular weight excluding hydrogens is 288 g/mol. The third-order valence-electron chi connectivity index (χ3n) is 6.34. The summed E-state index contributed by atoms with van der Waals surface area (Å²) in [6.45, 7) is 10.3. The minimum atomic E-state index is -1.07. The van der Waals surface area contributed by atoms with Crippen molar-refractivity contribution >= 4 is 11.6 Å². The summed E-state index contributed by atoms with van der Waals surface area (Å²) < 4.78 is 0. The molecule has 0 aliphatic heterocycles. The number of aliphatic hydroxyl groups is 1. The van der Waals surface area contributed by atoms with E-state index in [4.69, 9.17) is 0 Å². The number of carbonyl (C=O) groups is 2. The first-order chi connectivity index (χ1) is 10.6. The Kier molecular flexibility index (Phi) is 3.72. The number of Topliss-reactive ketones (excluding diaryl/α,β-unsaturated/α-hetero) is 2. The van der Waals surface area contributed by atoms with Gasteiger partial charge in [-0.25, -0.2) is 0 Å². The Morgan fingerprint density at radius 1 is 1.17 bits per heavy atom. The van der Waals surface area contributed by atoms with Crippen LogP contribution in [0.3, 0.4) is 0 Å². The van der Waals surface area contributed by atoms with Gasteiger partial charge in [0.05, 0.1) is 0 Å². The number of hydrogen-bond donors (Lipinski definition) is 1. The first-order valence-electron chi connectivity index (χ1n) is 8.79. The van der Waals surface area contributed by atoms with Gasteiger partial charge in [-0.3, -0.25) is 9.59 Å². The highest BCUT2D eigenvalue weighted by Gasteiger charge is 2.57. The zero-order valence-corrected chi connectivity index (χ0v) is 14.9. The third kappa shape index (κ3) is 2.27. The fraction of sp³-hybridized carbons (Fsp3) is 0.700. The Balaban J connectivity index is 2.19. The molecule has 0 saturated heterocycles. The second-order valence-corrected chi connectivity index (χ2v) is 8.80. The number of ketones is 2. The maximum absolute atomic E-state index is 12.9. The third-order valence-corrected chi connectivity index (χ3v) is 6.34. The van der Waals surface area contributed by atoms with Crippen LogP contribution in [0.2, 0.25) is 0 Å². The van der Waals surface area contributed by atoms with Crippen molar-refractivity contribution in [3.63, 3.8) is 0 Å². The van der Waals surface area contributed by atoms with E-state index in [9.17, 15) is 14.7 Å². The van der Waals surface area contributed by atoms with Gasteiger partial charge in [-0.05, 0) is 35.3 Å². The Labute approximate surface area is 138 Å². The molecule has 0 aromatic heterocycles. The highest BCUT2D eigenvalue weighted by Crippen LogP contribution is 2.59. The number of hydrogen-bond acceptors (Lipinski definition) is 3. The summed E-state index contributed by atoms with van der Waals surface area (Å²) in [6, 6.07) is 0. The van der Waals surface area contributed by atoms with E-state index in [0.717, 1.165) is 30.4 Å². The van der Waals surface area contributed by atoms with Crippen molar-refractivity contribution in [2.45, 2.75) is 66.4 Å². The summed E-state index contributed by atoms with van der Waals surface area (Å²) >= 11 is 0. The maximum Gasteiger partial charge on any atom is 0.191 e. The molecule has 0 spiro atoms. The molecule has 0 bridgehead atoms. The zero-order valence-electron chi connectivity index (χ0n) is 14.9.